The van der Waals surface area contributed by atoms with Gasteiger partial charge in [0.1, 0.15) is 5.01 Å². The zero-order valence-electron chi connectivity index (χ0n) is 12.7. The predicted octanol–water partition coefficient (Wildman–Crippen LogP) is 2.74. The van der Waals surface area contributed by atoms with E-state index in [2.05, 4.69) is 10.3 Å². The van der Waals surface area contributed by atoms with E-state index in [-0.39, 0.29) is 17.9 Å². The van der Waals surface area contributed by atoms with Crippen molar-refractivity contribution in [2.24, 2.45) is 0 Å². The zero-order chi connectivity index (χ0) is 16.3. The minimum atomic E-state index is -1.03. The van der Waals surface area contributed by atoms with E-state index >= 15 is 0 Å². The first-order chi connectivity index (χ1) is 10.3. The summed E-state index contributed by atoms with van der Waals surface area (Å²) in [6, 6.07) is 6.53. The SMILES string of the molecule is Cc1cnc(C(C)(C)NC(=O)Cc2ccccc2C(=O)O)s1. The molecule has 0 saturated heterocycles. The van der Waals surface area contributed by atoms with E-state index in [9.17, 15) is 9.59 Å². The van der Waals surface area contributed by atoms with Crippen LogP contribution < -0.4 is 5.32 Å². The Balaban J connectivity index is 2.12. The number of nitrogens with one attached hydrogen (secondary N) is 1. The van der Waals surface area contributed by atoms with E-state index in [0.717, 1.165) is 9.88 Å². The van der Waals surface area contributed by atoms with Crippen LogP contribution in [0.15, 0.2) is 30.5 Å². The van der Waals surface area contributed by atoms with Gasteiger partial charge in [0.15, 0.2) is 0 Å². The predicted molar refractivity (Wildman–Crippen MR) is 85.1 cm³/mol. The van der Waals surface area contributed by atoms with E-state index in [0.29, 0.717) is 5.56 Å². The fourth-order valence-electron chi connectivity index (χ4n) is 2.15. The van der Waals surface area contributed by atoms with Crippen molar-refractivity contribution in [2.75, 3.05) is 0 Å². The van der Waals surface area contributed by atoms with Crippen molar-refractivity contribution in [2.45, 2.75) is 32.7 Å². The summed E-state index contributed by atoms with van der Waals surface area (Å²) in [7, 11) is 0. The minimum Gasteiger partial charge on any atom is -0.478 e. The molecule has 1 heterocycles. The standard InChI is InChI=1S/C16H18N2O3S/c1-10-9-17-15(22-10)16(2,3)18-13(19)8-11-6-4-5-7-12(11)14(20)21/h4-7,9H,8H2,1-3H3,(H,18,19)(H,20,21). The molecule has 22 heavy (non-hydrogen) atoms. The third-order valence-corrected chi connectivity index (χ3v) is 4.44. The summed E-state index contributed by atoms with van der Waals surface area (Å²) in [5, 5.41) is 12.9. The first kappa shape index (κ1) is 16.2. The molecule has 0 aliphatic heterocycles. The summed E-state index contributed by atoms with van der Waals surface area (Å²) in [5.41, 5.74) is 0.0629. The normalized spacial score (nSPS) is 11.2. The molecule has 0 aliphatic carbocycles. The van der Waals surface area contributed by atoms with Crippen molar-refractivity contribution in [1.82, 2.24) is 10.3 Å². The van der Waals surface area contributed by atoms with E-state index in [1.165, 1.54) is 17.4 Å². The van der Waals surface area contributed by atoms with Crippen LogP contribution in [-0.2, 0) is 16.8 Å². The van der Waals surface area contributed by atoms with Gasteiger partial charge in [-0.25, -0.2) is 9.78 Å². The summed E-state index contributed by atoms with van der Waals surface area (Å²) in [6.07, 6.45) is 1.80. The minimum absolute atomic E-state index is 0.0241. The van der Waals surface area contributed by atoms with Crippen LogP contribution in [0.1, 0.15) is 39.7 Å². The van der Waals surface area contributed by atoms with Crippen molar-refractivity contribution in [3.63, 3.8) is 0 Å². The number of amides is 1. The van der Waals surface area contributed by atoms with Gasteiger partial charge in [0.05, 0.1) is 17.5 Å². The number of benzene rings is 1. The highest BCUT2D eigenvalue weighted by atomic mass is 32.1. The van der Waals surface area contributed by atoms with Gasteiger partial charge in [-0.3, -0.25) is 4.79 Å². The lowest BCUT2D eigenvalue weighted by Gasteiger charge is -2.24. The van der Waals surface area contributed by atoms with E-state index < -0.39 is 11.5 Å². The lowest BCUT2D eigenvalue weighted by atomic mass is 10.0. The van der Waals surface area contributed by atoms with Crippen molar-refractivity contribution >= 4 is 23.2 Å². The van der Waals surface area contributed by atoms with Crippen LogP contribution in [-0.4, -0.2) is 22.0 Å². The molecule has 0 bridgehead atoms. The number of aromatic nitrogens is 1. The molecule has 0 fully saturated rings. The van der Waals surface area contributed by atoms with Gasteiger partial charge in [0.2, 0.25) is 5.91 Å². The first-order valence-corrected chi connectivity index (χ1v) is 7.66. The summed E-state index contributed by atoms with van der Waals surface area (Å²) in [6.45, 7) is 5.72. The van der Waals surface area contributed by atoms with E-state index in [4.69, 9.17) is 5.11 Å². The summed E-state index contributed by atoms with van der Waals surface area (Å²) in [5.74, 6) is -1.26. The summed E-state index contributed by atoms with van der Waals surface area (Å²) < 4.78 is 0. The third-order valence-electron chi connectivity index (χ3n) is 3.21. The maximum Gasteiger partial charge on any atom is 0.335 e. The van der Waals surface area contributed by atoms with Crippen LogP contribution in [0.5, 0.6) is 0 Å². The number of carbonyl (C=O) groups excluding carboxylic acids is 1. The Hall–Kier alpha value is -2.21. The number of rotatable bonds is 5. The summed E-state index contributed by atoms with van der Waals surface area (Å²) in [4.78, 5) is 28.8. The second kappa shape index (κ2) is 6.27. The monoisotopic (exact) mass is 318 g/mol. The Morgan fingerprint density at radius 2 is 2.00 bits per heavy atom. The van der Waals surface area contributed by atoms with Crippen LogP contribution in [0.25, 0.3) is 0 Å². The van der Waals surface area contributed by atoms with Gasteiger partial charge in [0, 0.05) is 11.1 Å². The number of carbonyl (C=O) groups is 2. The molecule has 0 atom stereocenters. The average Bonchev–Trinajstić information content (AvgIpc) is 2.86. The quantitative estimate of drug-likeness (QED) is 0.888. The number of nitrogens with zero attached hydrogens (tertiary/aromatic N) is 1. The number of carboxylic acid groups (broad SMARTS) is 1. The third kappa shape index (κ3) is 3.71. The molecule has 0 spiro atoms. The molecule has 1 amide bonds. The van der Waals surface area contributed by atoms with Crippen molar-refractivity contribution in [3.05, 3.63) is 51.5 Å². The van der Waals surface area contributed by atoms with Gasteiger partial charge < -0.3 is 10.4 Å². The molecule has 5 nitrogen and oxygen atoms in total. The Bertz CT molecular complexity index is 707. The molecule has 6 heteroatoms. The molecular formula is C16H18N2O3S. The molecule has 0 radical (unpaired) electrons. The number of carboxylic acids is 1. The molecule has 1 aromatic heterocycles. The molecule has 2 rings (SSSR count). The highest BCUT2D eigenvalue weighted by Crippen LogP contribution is 2.25. The fourth-order valence-corrected chi connectivity index (χ4v) is 2.97. The average molecular weight is 318 g/mol. The number of aromatic carboxylic acids is 1. The van der Waals surface area contributed by atoms with Crippen LogP contribution in [0.3, 0.4) is 0 Å². The highest BCUT2D eigenvalue weighted by Gasteiger charge is 2.26. The Kier molecular flexibility index (Phi) is 4.61. The maximum absolute atomic E-state index is 12.3. The lowest BCUT2D eigenvalue weighted by Crippen LogP contribution is -2.41. The Morgan fingerprint density at radius 3 is 2.59 bits per heavy atom. The molecule has 2 aromatic rings. The number of hydrogen-bond donors (Lipinski definition) is 2. The smallest absolute Gasteiger partial charge is 0.335 e. The lowest BCUT2D eigenvalue weighted by molar-refractivity contribution is -0.122. The topological polar surface area (TPSA) is 79.3 Å². The molecule has 2 N–H and O–H groups in total. The van der Waals surface area contributed by atoms with Crippen LogP contribution >= 0.6 is 11.3 Å². The molecule has 0 unspecified atom stereocenters. The molecule has 1 aromatic carbocycles. The van der Waals surface area contributed by atoms with Crippen LogP contribution in [0.4, 0.5) is 0 Å². The van der Waals surface area contributed by atoms with Gasteiger partial charge in [-0.05, 0) is 32.4 Å². The van der Waals surface area contributed by atoms with Crippen LogP contribution in [0, 0.1) is 6.92 Å². The van der Waals surface area contributed by atoms with Gasteiger partial charge in [-0.15, -0.1) is 11.3 Å². The van der Waals surface area contributed by atoms with Crippen LogP contribution in [0.2, 0.25) is 0 Å². The molecule has 116 valence electrons. The van der Waals surface area contributed by atoms with E-state index in [1.54, 1.807) is 24.4 Å². The number of hydrogen-bond acceptors (Lipinski definition) is 4. The molecule has 0 saturated carbocycles. The van der Waals surface area contributed by atoms with Gasteiger partial charge in [-0.2, -0.15) is 0 Å². The number of thiazole rings is 1. The number of aryl methyl sites for hydroxylation is 1. The second-order valence-corrected chi connectivity index (χ2v) is 6.82. The highest BCUT2D eigenvalue weighted by molar-refractivity contribution is 7.11. The van der Waals surface area contributed by atoms with Crippen molar-refractivity contribution < 1.29 is 14.7 Å². The first-order valence-electron chi connectivity index (χ1n) is 6.85. The fraction of sp³-hybridized carbons (Fsp3) is 0.312. The van der Waals surface area contributed by atoms with Gasteiger partial charge in [-0.1, -0.05) is 18.2 Å². The zero-order valence-corrected chi connectivity index (χ0v) is 13.5. The summed E-state index contributed by atoms with van der Waals surface area (Å²) >= 11 is 1.53. The molecular weight excluding hydrogens is 300 g/mol. The largest absolute Gasteiger partial charge is 0.478 e. The molecule has 0 aliphatic rings. The van der Waals surface area contributed by atoms with Gasteiger partial charge >= 0.3 is 5.97 Å². The maximum atomic E-state index is 12.3. The second-order valence-electron chi connectivity index (χ2n) is 5.59. The van der Waals surface area contributed by atoms with Crippen molar-refractivity contribution in [3.8, 4) is 0 Å². The Labute approximate surface area is 133 Å². The van der Waals surface area contributed by atoms with Gasteiger partial charge in [0.25, 0.3) is 0 Å². The van der Waals surface area contributed by atoms with Crippen molar-refractivity contribution in [1.29, 1.82) is 0 Å². The van der Waals surface area contributed by atoms with E-state index in [1.807, 2.05) is 20.8 Å². The Morgan fingerprint density at radius 1 is 1.32 bits per heavy atom.